The summed E-state index contributed by atoms with van der Waals surface area (Å²) in [5.74, 6) is 0. The van der Waals surface area contributed by atoms with Crippen molar-refractivity contribution >= 4 is 34.9 Å². The lowest BCUT2D eigenvalue weighted by atomic mass is 10.1. The van der Waals surface area contributed by atoms with Crippen LogP contribution in [0.5, 0.6) is 0 Å². The number of amides is 2. The van der Waals surface area contributed by atoms with E-state index in [1.807, 2.05) is 24.3 Å². The molecule has 2 amide bonds. The van der Waals surface area contributed by atoms with Crippen molar-refractivity contribution in [3.05, 3.63) is 64.1 Å². The molecule has 2 N–H and O–H groups in total. The van der Waals surface area contributed by atoms with Crippen LogP contribution in [0.3, 0.4) is 0 Å². The fourth-order valence-corrected chi connectivity index (χ4v) is 2.06. The molecule has 0 aliphatic rings. The zero-order valence-corrected chi connectivity index (χ0v) is 12.2. The van der Waals surface area contributed by atoms with Crippen molar-refractivity contribution in [2.75, 3.05) is 11.9 Å². The summed E-state index contributed by atoms with van der Waals surface area (Å²) in [7, 11) is 0. The maximum atomic E-state index is 11.7. The number of carbonyl (C=O) groups is 1. The van der Waals surface area contributed by atoms with Crippen LogP contribution in [0.4, 0.5) is 10.5 Å². The molecule has 0 saturated carbocycles. The molecule has 0 aliphatic heterocycles. The molecule has 0 unspecified atom stereocenters. The second kappa shape index (κ2) is 7.17. The first kappa shape index (κ1) is 14.7. The largest absolute Gasteiger partial charge is 0.338 e. The fraction of sp³-hybridized carbons (Fsp3) is 0.133. The molecule has 0 aliphatic carbocycles. The van der Waals surface area contributed by atoms with Gasteiger partial charge in [0.05, 0.1) is 0 Å². The minimum absolute atomic E-state index is 0.241. The third-order valence-corrected chi connectivity index (χ3v) is 3.18. The number of hydrogen-bond donors (Lipinski definition) is 2. The molecule has 0 saturated heterocycles. The molecule has 0 aromatic heterocycles. The van der Waals surface area contributed by atoms with Gasteiger partial charge in [-0.1, -0.05) is 35.3 Å². The normalized spacial score (nSPS) is 10.1. The van der Waals surface area contributed by atoms with Crippen LogP contribution in [0.25, 0.3) is 0 Å². The molecule has 104 valence electrons. The molecule has 0 heterocycles. The first-order chi connectivity index (χ1) is 9.63. The SMILES string of the molecule is O=C(NCCc1cccc(Cl)c1)Nc1ccc(Cl)cc1. The molecular formula is C15H14Cl2N2O. The van der Waals surface area contributed by atoms with Gasteiger partial charge in [0, 0.05) is 22.3 Å². The van der Waals surface area contributed by atoms with Gasteiger partial charge in [0.1, 0.15) is 0 Å². The highest BCUT2D eigenvalue weighted by Crippen LogP contribution is 2.13. The molecular weight excluding hydrogens is 295 g/mol. The van der Waals surface area contributed by atoms with Crippen molar-refractivity contribution in [1.82, 2.24) is 5.32 Å². The molecule has 0 fully saturated rings. The molecule has 2 aromatic carbocycles. The molecule has 0 bridgehead atoms. The van der Waals surface area contributed by atoms with Crippen LogP contribution in [-0.4, -0.2) is 12.6 Å². The van der Waals surface area contributed by atoms with Crippen LogP contribution in [0.15, 0.2) is 48.5 Å². The monoisotopic (exact) mass is 308 g/mol. The number of carbonyl (C=O) groups excluding carboxylic acids is 1. The zero-order chi connectivity index (χ0) is 14.4. The number of halogens is 2. The van der Waals surface area contributed by atoms with Crippen molar-refractivity contribution in [2.24, 2.45) is 0 Å². The zero-order valence-electron chi connectivity index (χ0n) is 10.7. The minimum Gasteiger partial charge on any atom is -0.338 e. The van der Waals surface area contributed by atoms with E-state index in [4.69, 9.17) is 23.2 Å². The van der Waals surface area contributed by atoms with Gasteiger partial charge < -0.3 is 10.6 Å². The Morgan fingerprint density at radius 1 is 1.00 bits per heavy atom. The predicted octanol–water partition coefficient (Wildman–Crippen LogP) is 4.36. The van der Waals surface area contributed by atoms with Crippen LogP contribution in [0.1, 0.15) is 5.56 Å². The summed E-state index contributed by atoms with van der Waals surface area (Å²) in [5.41, 5.74) is 1.79. The molecule has 3 nitrogen and oxygen atoms in total. The lowest BCUT2D eigenvalue weighted by Crippen LogP contribution is -2.30. The van der Waals surface area contributed by atoms with Gasteiger partial charge in [-0.2, -0.15) is 0 Å². The van der Waals surface area contributed by atoms with Crippen LogP contribution in [0.2, 0.25) is 10.0 Å². The van der Waals surface area contributed by atoms with Gasteiger partial charge in [0.25, 0.3) is 0 Å². The topological polar surface area (TPSA) is 41.1 Å². The van der Waals surface area contributed by atoms with E-state index in [-0.39, 0.29) is 6.03 Å². The highest BCUT2D eigenvalue weighted by Gasteiger charge is 2.01. The smallest absolute Gasteiger partial charge is 0.319 e. The lowest BCUT2D eigenvalue weighted by Gasteiger charge is -2.08. The van der Waals surface area contributed by atoms with Gasteiger partial charge >= 0.3 is 6.03 Å². The Balaban J connectivity index is 1.76. The third kappa shape index (κ3) is 4.76. The van der Waals surface area contributed by atoms with Gasteiger partial charge in [-0.25, -0.2) is 4.79 Å². The summed E-state index contributed by atoms with van der Waals surface area (Å²) in [6.45, 7) is 0.541. The fourth-order valence-electron chi connectivity index (χ4n) is 1.72. The quantitative estimate of drug-likeness (QED) is 0.866. The summed E-state index contributed by atoms with van der Waals surface area (Å²) in [4.78, 5) is 11.7. The Morgan fingerprint density at radius 3 is 2.45 bits per heavy atom. The first-order valence-corrected chi connectivity index (χ1v) is 6.94. The van der Waals surface area contributed by atoms with E-state index in [1.54, 1.807) is 24.3 Å². The molecule has 0 spiro atoms. The van der Waals surface area contributed by atoms with E-state index in [0.29, 0.717) is 22.3 Å². The van der Waals surface area contributed by atoms with Crippen LogP contribution >= 0.6 is 23.2 Å². The van der Waals surface area contributed by atoms with Crippen LogP contribution in [0, 0.1) is 0 Å². The maximum absolute atomic E-state index is 11.7. The van der Waals surface area contributed by atoms with Crippen LogP contribution in [-0.2, 0) is 6.42 Å². The van der Waals surface area contributed by atoms with Gasteiger partial charge in [0.15, 0.2) is 0 Å². The van der Waals surface area contributed by atoms with E-state index in [0.717, 1.165) is 12.0 Å². The van der Waals surface area contributed by atoms with Gasteiger partial charge in [-0.05, 0) is 48.4 Å². The molecule has 2 rings (SSSR count). The van der Waals surface area contributed by atoms with Gasteiger partial charge in [-0.3, -0.25) is 0 Å². The summed E-state index contributed by atoms with van der Waals surface area (Å²) in [5, 5.41) is 6.86. The summed E-state index contributed by atoms with van der Waals surface area (Å²) < 4.78 is 0. The summed E-state index contributed by atoms with van der Waals surface area (Å²) in [6, 6.07) is 14.3. The number of hydrogen-bond acceptors (Lipinski definition) is 1. The molecule has 20 heavy (non-hydrogen) atoms. The average molecular weight is 309 g/mol. The number of nitrogens with one attached hydrogen (secondary N) is 2. The molecule has 0 atom stereocenters. The lowest BCUT2D eigenvalue weighted by molar-refractivity contribution is 0.252. The van der Waals surface area contributed by atoms with E-state index < -0.39 is 0 Å². The molecule has 2 aromatic rings. The van der Waals surface area contributed by atoms with E-state index in [2.05, 4.69) is 10.6 Å². The van der Waals surface area contributed by atoms with Crippen molar-refractivity contribution in [3.63, 3.8) is 0 Å². The number of anilines is 1. The third-order valence-electron chi connectivity index (χ3n) is 2.69. The number of benzene rings is 2. The summed E-state index contributed by atoms with van der Waals surface area (Å²) in [6.07, 6.45) is 0.731. The van der Waals surface area contributed by atoms with Crippen molar-refractivity contribution in [2.45, 2.75) is 6.42 Å². The van der Waals surface area contributed by atoms with Gasteiger partial charge in [0.2, 0.25) is 0 Å². The van der Waals surface area contributed by atoms with Crippen molar-refractivity contribution < 1.29 is 4.79 Å². The second-order valence-corrected chi connectivity index (χ2v) is 5.14. The Kier molecular flexibility index (Phi) is 5.27. The Labute approximate surface area is 127 Å². The van der Waals surface area contributed by atoms with Gasteiger partial charge in [-0.15, -0.1) is 0 Å². The Bertz CT molecular complexity index is 585. The van der Waals surface area contributed by atoms with E-state index in [1.165, 1.54) is 0 Å². The minimum atomic E-state index is -0.241. The van der Waals surface area contributed by atoms with Crippen molar-refractivity contribution in [3.8, 4) is 0 Å². The van der Waals surface area contributed by atoms with Crippen molar-refractivity contribution in [1.29, 1.82) is 0 Å². The Morgan fingerprint density at radius 2 is 1.75 bits per heavy atom. The standard InChI is InChI=1S/C15H14Cl2N2O/c16-12-4-6-14(7-5-12)19-15(20)18-9-8-11-2-1-3-13(17)10-11/h1-7,10H,8-9H2,(H2,18,19,20). The molecule has 0 radical (unpaired) electrons. The number of rotatable bonds is 4. The predicted molar refractivity (Wildman–Crippen MR) is 83.6 cm³/mol. The van der Waals surface area contributed by atoms with Crippen LogP contribution < -0.4 is 10.6 Å². The first-order valence-electron chi connectivity index (χ1n) is 6.18. The Hall–Kier alpha value is -1.71. The summed E-state index contributed by atoms with van der Waals surface area (Å²) >= 11 is 11.7. The average Bonchev–Trinajstić information content (AvgIpc) is 2.41. The molecule has 5 heteroatoms. The van der Waals surface area contributed by atoms with E-state index in [9.17, 15) is 4.79 Å². The second-order valence-electron chi connectivity index (χ2n) is 4.27. The maximum Gasteiger partial charge on any atom is 0.319 e. The van der Waals surface area contributed by atoms with E-state index >= 15 is 0 Å². The number of urea groups is 1. The highest BCUT2D eigenvalue weighted by molar-refractivity contribution is 6.30. The highest BCUT2D eigenvalue weighted by atomic mass is 35.5.